The molecule has 0 aliphatic carbocycles. The number of fused-ring (bicyclic) bond motifs is 1. The van der Waals surface area contributed by atoms with E-state index in [9.17, 15) is 0 Å². The van der Waals surface area contributed by atoms with Crippen LogP contribution < -0.4 is 0 Å². The number of nitrogens with one attached hydrogen (secondary N) is 1. The van der Waals surface area contributed by atoms with Crippen molar-refractivity contribution in [2.75, 3.05) is 0 Å². The van der Waals surface area contributed by atoms with Crippen molar-refractivity contribution in [3.05, 3.63) is 29.1 Å². The van der Waals surface area contributed by atoms with Gasteiger partial charge in [0.2, 0.25) is 0 Å². The van der Waals surface area contributed by atoms with Gasteiger partial charge in [0, 0.05) is 11.6 Å². The van der Waals surface area contributed by atoms with Crippen LogP contribution in [-0.4, -0.2) is 9.97 Å². The van der Waals surface area contributed by atoms with Crippen molar-refractivity contribution in [3.8, 4) is 12.3 Å². The Hall–Kier alpha value is -1.75. The van der Waals surface area contributed by atoms with Crippen molar-refractivity contribution in [1.29, 1.82) is 0 Å². The van der Waals surface area contributed by atoms with Crippen LogP contribution >= 0.6 is 0 Å². The van der Waals surface area contributed by atoms with Crippen LogP contribution in [0.15, 0.2) is 12.3 Å². The van der Waals surface area contributed by atoms with Gasteiger partial charge in [-0.3, -0.25) is 0 Å². The molecule has 2 heterocycles. The number of nitrogens with zero attached hydrogens (tertiary/aromatic N) is 1. The van der Waals surface area contributed by atoms with Crippen LogP contribution in [-0.2, 0) is 5.41 Å². The van der Waals surface area contributed by atoms with Gasteiger partial charge in [0.25, 0.3) is 0 Å². The summed E-state index contributed by atoms with van der Waals surface area (Å²) >= 11 is 0. The lowest BCUT2D eigenvalue weighted by Crippen LogP contribution is -2.14. The Morgan fingerprint density at radius 3 is 2.62 bits per heavy atom. The SMILES string of the molecule is C#Cc1nc2[nH]cc(C)c2cc1C(C)(C)C. The van der Waals surface area contributed by atoms with Crippen LogP contribution in [0.25, 0.3) is 11.0 Å². The first-order valence-corrected chi connectivity index (χ1v) is 5.39. The molecule has 82 valence electrons. The third kappa shape index (κ3) is 1.59. The maximum Gasteiger partial charge on any atom is 0.139 e. The van der Waals surface area contributed by atoms with E-state index in [1.807, 2.05) is 6.20 Å². The van der Waals surface area contributed by atoms with E-state index < -0.39 is 0 Å². The van der Waals surface area contributed by atoms with Gasteiger partial charge in [0.05, 0.1) is 0 Å². The maximum absolute atomic E-state index is 5.52. The summed E-state index contributed by atoms with van der Waals surface area (Å²) in [4.78, 5) is 7.62. The Kier molecular flexibility index (Phi) is 2.27. The minimum atomic E-state index is 0.0204. The van der Waals surface area contributed by atoms with Crippen LogP contribution in [0.3, 0.4) is 0 Å². The highest BCUT2D eigenvalue weighted by atomic mass is 14.9. The normalized spacial score (nSPS) is 11.7. The third-order valence-electron chi connectivity index (χ3n) is 2.82. The number of terminal acetylenes is 1. The molecule has 0 aromatic carbocycles. The van der Waals surface area contributed by atoms with E-state index in [-0.39, 0.29) is 5.41 Å². The highest BCUT2D eigenvalue weighted by Gasteiger charge is 2.19. The number of rotatable bonds is 0. The van der Waals surface area contributed by atoms with E-state index in [0.717, 1.165) is 22.3 Å². The van der Waals surface area contributed by atoms with Crippen molar-refractivity contribution < 1.29 is 0 Å². The number of aryl methyl sites for hydroxylation is 1. The average molecular weight is 212 g/mol. The zero-order valence-electron chi connectivity index (χ0n) is 10.2. The van der Waals surface area contributed by atoms with E-state index in [1.165, 1.54) is 5.56 Å². The molecule has 16 heavy (non-hydrogen) atoms. The number of hydrogen-bond acceptors (Lipinski definition) is 1. The molecule has 2 rings (SSSR count). The Morgan fingerprint density at radius 2 is 2.06 bits per heavy atom. The Balaban J connectivity index is 2.82. The summed E-state index contributed by atoms with van der Waals surface area (Å²) in [7, 11) is 0. The monoisotopic (exact) mass is 212 g/mol. The molecular formula is C14H16N2. The number of hydrogen-bond donors (Lipinski definition) is 1. The highest BCUT2D eigenvalue weighted by Crippen LogP contribution is 2.28. The molecule has 0 atom stereocenters. The quantitative estimate of drug-likeness (QED) is 0.668. The predicted octanol–water partition coefficient (Wildman–Crippen LogP) is 3.15. The molecule has 0 bridgehead atoms. The number of aromatic amines is 1. The van der Waals surface area contributed by atoms with Gasteiger partial charge in [0.15, 0.2) is 0 Å². The zero-order chi connectivity index (χ0) is 11.9. The lowest BCUT2D eigenvalue weighted by Gasteiger charge is -2.20. The molecule has 0 amide bonds. The van der Waals surface area contributed by atoms with Crippen LogP contribution in [0.4, 0.5) is 0 Å². The van der Waals surface area contributed by atoms with Crippen molar-refractivity contribution in [2.24, 2.45) is 0 Å². The second kappa shape index (κ2) is 3.38. The second-order valence-electron chi connectivity index (χ2n) is 5.15. The molecular weight excluding hydrogens is 196 g/mol. The zero-order valence-corrected chi connectivity index (χ0v) is 10.2. The van der Waals surface area contributed by atoms with Crippen LogP contribution in [0.1, 0.15) is 37.6 Å². The van der Waals surface area contributed by atoms with Crippen LogP contribution in [0.2, 0.25) is 0 Å². The van der Waals surface area contributed by atoms with Gasteiger partial charge >= 0.3 is 0 Å². The summed E-state index contributed by atoms with van der Waals surface area (Å²) in [6.45, 7) is 8.53. The van der Waals surface area contributed by atoms with E-state index >= 15 is 0 Å². The average Bonchev–Trinajstić information content (AvgIpc) is 2.57. The van der Waals surface area contributed by atoms with Gasteiger partial charge in [-0.05, 0) is 35.5 Å². The summed E-state index contributed by atoms with van der Waals surface area (Å²) in [6.07, 6.45) is 7.48. The molecule has 0 aliphatic rings. The molecule has 0 saturated heterocycles. The van der Waals surface area contributed by atoms with E-state index in [1.54, 1.807) is 0 Å². The molecule has 1 N–H and O–H groups in total. The van der Waals surface area contributed by atoms with Gasteiger partial charge in [-0.15, -0.1) is 6.42 Å². The number of H-pyrrole nitrogens is 1. The van der Waals surface area contributed by atoms with Crippen molar-refractivity contribution in [1.82, 2.24) is 9.97 Å². The molecule has 2 nitrogen and oxygen atoms in total. The first kappa shape index (κ1) is 10.8. The van der Waals surface area contributed by atoms with Gasteiger partial charge in [-0.2, -0.15) is 0 Å². The molecule has 0 unspecified atom stereocenters. The first-order chi connectivity index (χ1) is 7.43. The molecule has 2 heteroatoms. The molecule has 2 aromatic heterocycles. The molecule has 0 spiro atoms. The molecule has 0 radical (unpaired) electrons. The lowest BCUT2D eigenvalue weighted by molar-refractivity contribution is 0.587. The van der Waals surface area contributed by atoms with Crippen molar-refractivity contribution in [2.45, 2.75) is 33.1 Å². The van der Waals surface area contributed by atoms with E-state index in [2.05, 4.69) is 49.6 Å². The number of pyridine rings is 1. The Bertz CT molecular complexity index is 577. The van der Waals surface area contributed by atoms with Gasteiger partial charge in [-0.25, -0.2) is 4.98 Å². The first-order valence-electron chi connectivity index (χ1n) is 5.39. The Morgan fingerprint density at radius 1 is 1.38 bits per heavy atom. The van der Waals surface area contributed by atoms with Crippen LogP contribution in [0, 0.1) is 19.3 Å². The van der Waals surface area contributed by atoms with Crippen molar-refractivity contribution in [3.63, 3.8) is 0 Å². The van der Waals surface area contributed by atoms with Gasteiger partial charge < -0.3 is 4.98 Å². The smallest absolute Gasteiger partial charge is 0.139 e. The molecule has 0 saturated carbocycles. The predicted molar refractivity (Wildman–Crippen MR) is 67.5 cm³/mol. The number of aromatic nitrogens is 2. The summed E-state index contributed by atoms with van der Waals surface area (Å²) in [5.41, 5.74) is 3.97. The summed E-state index contributed by atoms with van der Waals surface area (Å²) in [6, 6.07) is 2.16. The minimum Gasteiger partial charge on any atom is -0.346 e. The summed E-state index contributed by atoms with van der Waals surface area (Å²) < 4.78 is 0. The topological polar surface area (TPSA) is 28.7 Å². The highest BCUT2D eigenvalue weighted by molar-refractivity contribution is 5.81. The summed E-state index contributed by atoms with van der Waals surface area (Å²) in [5, 5.41) is 1.16. The van der Waals surface area contributed by atoms with Crippen molar-refractivity contribution >= 4 is 11.0 Å². The standard InChI is InChI=1S/C14H16N2/c1-6-12-11(14(3,4)5)7-10-9(2)8-15-13(10)16-12/h1,7-8H,2-5H3,(H,15,16). The molecule has 2 aromatic rings. The summed E-state index contributed by atoms with van der Waals surface area (Å²) in [5.74, 6) is 2.67. The third-order valence-corrected chi connectivity index (χ3v) is 2.82. The second-order valence-corrected chi connectivity index (χ2v) is 5.15. The van der Waals surface area contributed by atoms with Gasteiger partial charge in [-0.1, -0.05) is 20.8 Å². The fraction of sp³-hybridized carbons (Fsp3) is 0.357. The lowest BCUT2D eigenvalue weighted by atomic mass is 9.85. The van der Waals surface area contributed by atoms with Crippen LogP contribution in [0.5, 0.6) is 0 Å². The fourth-order valence-electron chi connectivity index (χ4n) is 1.86. The maximum atomic E-state index is 5.52. The minimum absolute atomic E-state index is 0.0204. The Labute approximate surface area is 96.1 Å². The molecule has 0 fully saturated rings. The van der Waals surface area contributed by atoms with E-state index in [4.69, 9.17) is 6.42 Å². The van der Waals surface area contributed by atoms with E-state index in [0.29, 0.717) is 0 Å². The fourth-order valence-corrected chi connectivity index (χ4v) is 1.86. The largest absolute Gasteiger partial charge is 0.346 e. The van der Waals surface area contributed by atoms with Gasteiger partial charge in [0.1, 0.15) is 11.3 Å². The molecule has 0 aliphatic heterocycles.